The number of carboxylic acids is 4. The number of carboxylic acid groups (broad SMARTS) is 4. The van der Waals surface area contributed by atoms with E-state index >= 15 is 0 Å². The van der Waals surface area contributed by atoms with Crippen molar-refractivity contribution in [2.24, 2.45) is 0 Å². The van der Waals surface area contributed by atoms with Crippen LogP contribution in [-0.4, -0.2) is 88.0 Å². The topological polar surface area (TPSA) is 230 Å². The van der Waals surface area contributed by atoms with Gasteiger partial charge in [0, 0.05) is 25.7 Å². The van der Waals surface area contributed by atoms with Crippen molar-refractivity contribution in [2.75, 3.05) is 0 Å². The first kappa shape index (κ1) is 42.0. The maximum absolute atomic E-state index is 14.4. The summed E-state index contributed by atoms with van der Waals surface area (Å²) >= 11 is 0. The first-order valence-corrected chi connectivity index (χ1v) is 23.0. The average Bonchev–Trinajstić information content (AvgIpc) is 3.85. The number of carbonyl (C=O) groups is 8. The molecule has 5 aromatic carbocycles. The summed E-state index contributed by atoms with van der Waals surface area (Å²) in [4.78, 5) is 110. The van der Waals surface area contributed by atoms with E-state index in [1.54, 1.807) is 72.8 Å². The summed E-state index contributed by atoms with van der Waals surface area (Å²) in [6.45, 7) is 0. The fraction of sp³-hybridized carbons (Fsp3) is 0.174. The van der Waals surface area contributed by atoms with E-state index in [1.807, 2.05) is 0 Å². The fourth-order valence-electron chi connectivity index (χ4n) is 9.34. The molecule has 4 N–H and O–H groups in total. The lowest BCUT2D eigenvalue weighted by Crippen LogP contribution is -2.50. The lowest BCUT2D eigenvalue weighted by Gasteiger charge is -2.37. The minimum absolute atomic E-state index is 0.158. The molecule has 4 saturated heterocycles. The molecule has 0 aromatic heterocycles. The van der Waals surface area contributed by atoms with E-state index in [-0.39, 0.29) is 70.2 Å². The second kappa shape index (κ2) is 16.4. The Balaban J connectivity index is 1.41. The van der Waals surface area contributed by atoms with Gasteiger partial charge >= 0.3 is 23.9 Å². The van der Waals surface area contributed by atoms with Gasteiger partial charge in [0.05, 0.1) is 22.3 Å². The van der Waals surface area contributed by atoms with Gasteiger partial charge in [-0.05, 0) is 73.0 Å². The standard InChI is InChI=1S/C46H36N4O12P2/c51-35-21-22-36(52)48-40(26-12-2-6-16-30(26)44(57)58)63(39(47(35)48)25-11-1-5-15-29(25)43(55)56)33-19-9-10-20-34(33)64-41(27-13-3-7-17-31(27)45(59)60)49-37(53)23-24-38(54)50(49)42(64)28-14-4-8-18-32(28)46(61)62/h1-20,39-42H,21-24H2,(H,55,56)(H,57,58)(H,59,60)(H,61,62)/t39-,40-,41-,42-/m1/s1. The second-order valence-electron chi connectivity index (χ2n) is 15.3. The Bertz CT molecular complexity index is 2500. The van der Waals surface area contributed by atoms with Crippen LogP contribution in [0.2, 0.25) is 0 Å². The molecule has 0 unspecified atom stereocenters. The summed E-state index contributed by atoms with van der Waals surface area (Å²) in [5.74, 6) is -12.2. The van der Waals surface area contributed by atoms with Crippen LogP contribution in [0, 0.1) is 0 Å². The van der Waals surface area contributed by atoms with Crippen molar-refractivity contribution in [3.05, 3.63) is 166 Å². The lowest BCUT2D eigenvalue weighted by atomic mass is 10.1. The molecular weight excluding hydrogens is 862 g/mol. The average molecular weight is 899 g/mol. The number of carbonyl (C=O) groups excluding carboxylic acids is 4. The van der Waals surface area contributed by atoms with Gasteiger partial charge in [0.15, 0.2) is 0 Å². The van der Waals surface area contributed by atoms with E-state index in [4.69, 9.17) is 0 Å². The largest absolute Gasteiger partial charge is 0.478 e. The summed E-state index contributed by atoms with van der Waals surface area (Å²) < 4.78 is 0. The predicted octanol–water partition coefficient (Wildman–Crippen LogP) is 6.25. The third kappa shape index (κ3) is 6.68. The highest BCUT2D eigenvalue weighted by Crippen LogP contribution is 2.74. The van der Waals surface area contributed by atoms with Crippen LogP contribution >= 0.6 is 15.8 Å². The smallest absolute Gasteiger partial charge is 0.336 e. The van der Waals surface area contributed by atoms with Crippen LogP contribution in [-0.2, 0) is 19.2 Å². The number of hydrogen-bond acceptors (Lipinski definition) is 8. The van der Waals surface area contributed by atoms with E-state index in [0.29, 0.717) is 10.6 Å². The molecule has 4 fully saturated rings. The van der Waals surface area contributed by atoms with E-state index < -0.39 is 86.5 Å². The van der Waals surface area contributed by atoms with Gasteiger partial charge in [0.1, 0.15) is 23.1 Å². The minimum atomic E-state index is -2.24. The van der Waals surface area contributed by atoms with E-state index in [1.165, 1.54) is 68.6 Å². The molecule has 9 rings (SSSR count). The molecular formula is C46H36N4O12P2. The molecule has 18 heteroatoms. The normalized spacial score (nSPS) is 21.2. The monoisotopic (exact) mass is 898 g/mol. The van der Waals surface area contributed by atoms with Crippen LogP contribution in [0.4, 0.5) is 0 Å². The van der Waals surface area contributed by atoms with E-state index in [2.05, 4.69) is 0 Å². The highest BCUT2D eigenvalue weighted by Gasteiger charge is 2.60. The van der Waals surface area contributed by atoms with Crippen LogP contribution in [0.1, 0.15) is 113 Å². The first-order valence-electron chi connectivity index (χ1n) is 20.0. The highest BCUT2D eigenvalue weighted by atomic mass is 31.1. The number of benzene rings is 5. The molecule has 0 aliphatic carbocycles. The Morgan fingerprint density at radius 2 is 0.562 bits per heavy atom. The number of rotatable bonds is 10. The van der Waals surface area contributed by atoms with Crippen molar-refractivity contribution >= 4 is 74.0 Å². The molecule has 0 bridgehead atoms. The summed E-state index contributed by atoms with van der Waals surface area (Å²) in [7, 11) is -4.48. The Morgan fingerprint density at radius 1 is 0.359 bits per heavy atom. The molecule has 4 atom stereocenters. The van der Waals surface area contributed by atoms with Gasteiger partial charge in [0.2, 0.25) is 23.6 Å². The Kier molecular flexibility index (Phi) is 10.8. The zero-order valence-electron chi connectivity index (χ0n) is 33.4. The number of fused-ring (bicyclic) bond motifs is 2. The van der Waals surface area contributed by atoms with Gasteiger partial charge in [-0.3, -0.25) is 19.2 Å². The van der Waals surface area contributed by atoms with Gasteiger partial charge in [-0.25, -0.2) is 39.2 Å². The van der Waals surface area contributed by atoms with Gasteiger partial charge in [-0.2, -0.15) is 0 Å². The van der Waals surface area contributed by atoms with Crippen LogP contribution in [0.3, 0.4) is 0 Å². The van der Waals surface area contributed by atoms with Crippen LogP contribution in [0.15, 0.2) is 121 Å². The van der Waals surface area contributed by atoms with E-state index in [9.17, 15) is 58.8 Å². The minimum Gasteiger partial charge on any atom is -0.478 e. The molecule has 4 amide bonds. The van der Waals surface area contributed by atoms with Crippen LogP contribution < -0.4 is 10.6 Å². The zero-order valence-corrected chi connectivity index (χ0v) is 35.2. The molecule has 4 heterocycles. The molecule has 64 heavy (non-hydrogen) atoms. The number of hydrogen-bond donors (Lipinski definition) is 4. The molecule has 4 aliphatic rings. The zero-order chi connectivity index (χ0) is 45.1. The number of hydrazine groups is 2. The maximum atomic E-state index is 14.4. The van der Waals surface area contributed by atoms with Gasteiger partial charge in [-0.1, -0.05) is 97.1 Å². The Labute approximate surface area is 366 Å². The SMILES string of the molecule is O=C(O)c1ccccc1[C@@H]1N2C(=O)CCC(=O)N2[C@@H](c2ccccc2C(=O)O)P1c1ccccc1P1[C@H](c2ccccc2C(=O)O)N2C(=O)CCC(=O)N2[C@H]1c1ccccc1C(=O)O. The van der Waals surface area contributed by atoms with Crippen molar-refractivity contribution in [1.29, 1.82) is 0 Å². The fourth-order valence-corrected chi connectivity index (χ4v) is 16.8. The van der Waals surface area contributed by atoms with Crippen molar-refractivity contribution in [3.63, 3.8) is 0 Å². The summed E-state index contributed by atoms with van der Waals surface area (Å²) in [6.07, 6.45) is -0.880. The summed E-state index contributed by atoms with van der Waals surface area (Å²) in [6, 6.07) is 31.0. The van der Waals surface area contributed by atoms with Gasteiger partial charge < -0.3 is 20.4 Å². The second-order valence-corrected chi connectivity index (χ2v) is 19.9. The highest BCUT2D eigenvalue weighted by molar-refractivity contribution is 7.73. The molecule has 5 aromatic rings. The van der Waals surface area contributed by atoms with Crippen molar-refractivity contribution in [2.45, 2.75) is 48.8 Å². The van der Waals surface area contributed by atoms with E-state index in [0.717, 1.165) is 0 Å². The van der Waals surface area contributed by atoms with Crippen LogP contribution in [0.25, 0.3) is 0 Å². The Hall–Kier alpha value is -7.28. The molecule has 322 valence electrons. The number of nitrogens with zero attached hydrogens (tertiary/aromatic N) is 4. The molecule has 16 nitrogen and oxygen atoms in total. The number of aromatic carboxylic acids is 4. The third-order valence-corrected chi connectivity index (χ3v) is 18.1. The molecule has 0 spiro atoms. The lowest BCUT2D eigenvalue weighted by molar-refractivity contribution is -0.171. The van der Waals surface area contributed by atoms with Crippen molar-refractivity contribution < 1.29 is 58.8 Å². The molecule has 0 saturated carbocycles. The van der Waals surface area contributed by atoms with Crippen molar-refractivity contribution in [1.82, 2.24) is 20.0 Å². The molecule has 0 radical (unpaired) electrons. The quantitative estimate of drug-likeness (QED) is 0.114. The molecule has 4 aliphatic heterocycles. The van der Waals surface area contributed by atoms with Gasteiger partial charge in [0.25, 0.3) is 0 Å². The number of amides is 4. The third-order valence-electron chi connectivity index (χ3n) is 11.9. The Morgan fingerprint density at radius 3 is 0.781 bits per heavy atom. The predicted molar refractivity (Wildman–Crippen MR) is 230 cm³/mol. The maximum Gasteiger partial charge on any atom is 0.336 e. The van der Waals surface area contributed by atoms with Crippen LogP contribution in [0.5, 0.6) is 0 Å². The van der Waals surface area contributed by atoms with Gasteiger partial charge in [-0.15, -0.1) is 0 Å². The van der Waals surface area contributed by atoms with Crippen molar-refractivity contribution in [3.8, 4) is 0 Å². The summed E-state index contributed by atoms with van der Waals surface area (Å²) in [5, 5.41) is 48.4. The summed E-state index contributed by atoms with van der Waals surface area (Å²) in [5.41, 5.74) is -0.0796. The first-order chi connectivity index (χ1) is 30.8.